The average molecular weight is 270 g/mol. The highest BCUT2D eigenvalue weighted by Crippen LogP contribution is 2.29. The molecule has 2 aliphatic rings. The van der Waals surface area contributed by atoms with E-state index in [1.165, 1.54) is 6.42 Å². The normalized spacial score (nSPS) is 24.2. The second-order valence-electron chi connectivity index (χ2n) is 5.75. The molecule has 0 atom stereocenters. The van der Waals surface area contributed by atoms with Crippen LogP contribution in [-0.4, -0.2) is 65.9 Å². The van der Waals surface area contributed by atoms with Gasteiger partial charge in [-0.3, -0.25) is 4.90 Å². The van der Waals surface area contributed by atoms with Crippen LogP contribution in [0, 0.1) is 0 Å². The Hall–Kier alpha value is -0.810. The summed E-state index contributed by atoms with van der Waals surface area (Å²) in [6.07, 6.45) is 5.16. The predicted octanol–water partition coefficient (Wildman–Crippen LogP) is 1.46. The van der Waals surface area contributed by atoms with Crippen molar-refractivity contribution in [1.82, 2.24) is 9.80 Å². The lowest BCUT2D eigenvalue weighted by atomic mass is 9.84. The smallest absolute Gasteiger partial charge is 0.409 e. The Bertz CT molecular complexity index is 295. The molecule has 1 aliphatic heterocycles. The Labute approximate surface area is 115 Å². The Morgan fingerprint density at radius 1 is 1.16 bits per heavy atom. The van der Waals surface area contributed by atoms with Crippen molar-refractivity contribution in [3.63, 3.8) is 0 Å². The summed E-state index contributed by atoms with van der Waals surface area (Å²) in [5.74, 6) is 0. The number of hydrogen-bond donors (Lipinski definition) is 1. The molecule has 1 saturated heterocycles. The van der Waals surface area contributed by atoms with Crippen LogP contribution in [0.1, 0.15) is 39.0 Å². The maximum Gasteiger partial charge on any atom is 0.409 e. The second-order valence-corrected chi connectivity index (χ2v) is 5.75. The first-order valence-corrected chi connectivity index (χ1v) is 7.49. The summed E-state index contributed by atoms with van der Waals surface area (Å²) in [5, 5.41) is 10.5. The van der Waals surface area contributed by atoms with Crippen LogP contribution in [0.25, 0.3) is 0 Å². The minimum absolute atomic E-state index is 0.210. The molecule has 1 N–H and O–H groups in total. The molecular weight excluding hydrogens is 244 g/mol. The van der Waals surface area contributed by atoms with Crippen LogP contribution >= 0.6 is 0 Å². The zero-order valence-corrected chi connectivity index (χ0v) is 11.9. The van der Waals surface area contributed by atoms with Crippen LogP contribution in [-0.2, 0) is 4.74 Å². The van der Waals surface area contributed by atoms with Gasteiger partial charge < -0.3 is 14.7 Å². The van der Waals surface area contributed by atoms with E-state index in [1.807, 2.05) is 6.92 Å². The fourth-order valence-corrected chi connectivity index (χ4v) is 3.09. The minimum Gasteiger partial charge on any atom is -0.450 e. The zero-order chi connectivity index (χ0) is 13.7. The molecule has 0 spiro atoms. The number of nitrogens with zero attached hydrogens (tertiary/aromatic N) is 2. The SMILES string of the molecule is CCOC(=O)N1CCN(CC2(O)CCCCC2)CC1. The van der Waals surface area contributed by atoms with Gasteiger partial charge in [0.25, 0.3) is 0 Å². The van der Waals surface area contributed by atoms with E-state index < -0.39 is 5.60 Å². The number of amides is 1. The number of aliphatic hydroxyl groups is 1. The maximum atomic E-state index is 11.6. The van der Waals surface area contributed by atoms with Crippen LogP contribution in [0.5, 0.6) is 0 Å². The van der Waals surface area contributed by atoms with Gasteiger partial charge in [0.15, 0.2) is 0 Å². The number of ether oxygens (including phenoxy) is 1. The first kappa shape index (κ1) is 14.6. The van der Waals surface area contributed by atoms with E-state index in [0.717, 1.165) is 45.3 Å². The quantitative estimate of drug-likeness (QED) is 0.843. The molecular formula is C14H26N2O3. The van der Waals surface area contributed by atoms with Crippen LogP contribution in [0.3, 0.4) is 0 Å². The largest absolute Gasteiger partial charge is 0.450 e. The van der Waals surface area contributed by atoms with Gasteiger partial charge in [0.1, 0.15) is 0 Å². The van der Waals surface area contributed by atoms with Gasteiger partial charge in [0, 0.05) is 32.7 Å². The van der Waals surface area contributed by atoms with E-state index >= 15 is 0 Å². The van der Waals surface area contributed by atoms with E-state index in [4.69, 9.17) is 4.74 Å². The first-order valence-electron chi connectivity index (χ1n) is 7.49. The highest BCUT2D eigenvalue weighted by Gasteiger charge is 2.33. The van der Waals surface area contributed by atoms with Gasteiger partial charge in [-0.15, -0.1) is 0 Å². The third kappa shape index (κ3) is 4.08. The molecule has 1 amide bonds. The molecule has 1 aliphatic carbocycles. The molecule has 0 unspecified atom stereocenters. The topological polar surface area (TPSA) is 53.0 Å². The van der Waals surface area contributed by atoms with Crippen molar-refractivity contribution in [2.75, 3.05) is 39.3 Å². The number of carbonyl (C=O) groups excluding carboxylic acids is 1. The van der Waals surface area contributed by atoms with Gasteiger partial charge in [-0.25, -0.2) is 4.79 Å². The Morgan fingerprint density at radius 2 is 1.79 bits per heavy atom. The lowest BCUT2D eigenvalue weighted by Gasteiger charge is -2.40. The van der Waals surface area contributed by atoms with Gasteiger partial charge in [-0.05, 0) is 19.8 Å². The minimum atomic E-state index is -0.496. The number of carbonyl (C=O) groups is 1. The van der Waals surface area contributed by atoms with Crippen molar-refractivity contribution >= 4 is 6.09 Å². The fraction of sp³-hybridized carbons (Fsp3) is 0.929. The Kier molecular flexibility index (Phi) is 5.05. The maximum absolute atomic E-state index is 11.6. The molecule has 0 aromatic rings. The van der Waals surface area contributed by atoms with Crippen LogP contribution in [0.4, 0.5) is 4.79 Å². The van der Waals surface area contributed by atoms with E-state index in [1.54, 1.807) is 4.90 Å². The van der Waals surface area contributed by atoms with Crippen molar-refractivity contribution in [3.8, 4) is 0 Å². The molecule has 110 valence electrons. The van der Waals surface area contributed by atoms with Gasteiger partial charge in [0.2, 0.25) is 0 Å². The number of hydrogen-bond acceptors (Lipinski definition) is 4. The van der Waals surface area contributed by atoms with Crippen LogP contribution in [0.2, 0.25) is 0 Å². The van der Waals surface area contributed by atoms with Gasteiger partial charge in [0.05, 0.1) is 12.2 Å². The summed E-state index contributed by atoms with van der Waals surface area (Å²) >= 11 is 0. The molecule has 0 aromatic carbocycles. The highest BCUT2D eigenvalue weighted by molar-refractivity contribution is 5.67. The summed E-state index contributed by atoms with van der Waals surface area (Å²) in [7, 11) is 0. The molecule has 2 fully saturated rings. The monoisotopic (exact) mass is 270 g/mol. The third-order valence-electron chi connectivity index (χ3n) is 4.20. The molecule has 0 aromatic heterocycles. The van der Waals surface area contributed by atoms with Crippen molar-refractivity contribution < 1.29 is 14.6 Å². The lowest BCUT2D eigenvalue weighted by Crippen LogP contribution is -2.53. The molecule has 0 bridgehead atoms. The standard InChI is InChI=1S/C14H26N2O3/c1-2-19-13(17)16-10-8-15(9-11-16)12-14(18)6-4-3-5-7-14/h18H,2-12H2,1H3. The molecule has 5 nitrogen and oxygen atoms in total. The summed E-state index contributed by atoms with van der Waals surface area (Å²) < 4.78 is 5.01. The molecule has 19 heavy (non-hydrogen) atoms. The van der Waals surface area contributed by atoms with E-state index in [0.29, 0.717) is 19.7 Å². The van der Waals surface area contributed by atoms with E-state index in [9.17, 15) is 9.90 Å². The number of rotatable bonds is 3. The summed E-state index contributed by atoms with van der Waals surface area (Å²) in [6, 6.07) is 0. The Balaban J connectivity index is 1.75. The number of β-amino-alcohol motifs (C(OH)–C–C–N with tert-alkyl or cyclic N) is 1. The number of piperazine rings is 1. The molecule has 5 heteroatoms. The van der Waals surface area contributed by atoms with E-state index in [-0.39, 0.29) is 6.09 Å². The van der Waals surface area contributed by atoms with Crippen LogP contribution < -0.4 is 0 Å². The molecule has 2 rings (SSSR count). The third-order valence-corrected chi connectivity index (χ3v) is 4.20. The van der Waals surface area contributed by atoms with Crippen molar-refractivity contribution in [2.24, 2.45) is 0 Å². The zero-order valence-electron chi connectivity index (χ0n) is 11.9. The predicted molar refractivity (Wildman–Crippen MR) is 73.1 cm³/mol. The van der Waals surface area contributed by atoms with Crippen molar-refractivity contribution in [2.45, 2.75) is 44.6 Å². The second kappa shape index (κ2) is 6.57. The van der Waals surface area contributed by atoms with Gasteiger partial charge >= 0.3 is 6.09 Å². The fourth-order valence-electron chi connectivity index (χ4n) is 3.09. The molecule has 1 saturated carbocycles. The van der Waals surface area contributed by atoms with Crippen LogP contribution in [0.15, 0.2) is 0 Å². The summed E-state index contributed by atoms with van der Waals surface area (Å²) in [6.45, 7) is 6.08. The average Bonchev–Trinajstić information content (AvgIpc) is 2.40. The molecule has 0 radical (unpaired) electrons. The molecule has 1 heterocycles. The van der Waals surface area contributed by atoms with Gasteiger partial charge in [-0.2, -0.15) is 0 Å². The first-order chi connectivity index (χ1) is 9.13. The van der Waals surface area contributed by atoms with Crippen molar-refractivity contribution in [1.29, 1.82) is 0 Å². The summed E-state index contributed by atoms with van der Waals surface area (Å²) in [4.78, 5) is 15.6. The van der Waals surface area contributed by atoms with E-state index in [2.05, 4.69) is 4.90 Å². The van der Waals surface area contributed by atoms with Gasteiger partial charge in [-0.1, -0.05) is 19.3 Å². The summed E-state index contributed by atoms with van der Waals surface area (Å²) in [5.41, 5.74) is -0.496. The Morgan fingerprint density at radius 3 is 2.37 bits per heavy atom. The highest BCUT2D eigenvalue weighted by atomic mass is 16.6. The van der Waals surface area contributed by atoms with Crippen molar-refractivity contribution in [3.05, 3.63) is 0 Å². The lowest BCUT2D eigenvalue weighted by molar-refractivity contribution is -0.0348.